The SMILES string of the molecule is C[C@@H]1CC(Nc2nccc(-c3c[nH]c4c(F)cccc34)n2)C[C@@H](C)N1. The highest BCUT2D eigenvalue weighted by atomic mass is 19.1. The fourth-order valence-electron chi connectivity index (χ4n) is 3.78. The zero-order valence-corrected chi connectivity index (χ0v) is 14.4. The number of para-hydroxylation sites is 1. The van der Waals surface area contributed by atoms with Gasteiger partial charge >= 0.3 is 0 Å². The van der Waals surface area contributed by atoms with E-state index in [2.05, 4.69) is 39.4 Å². The molecule has 0 unspecified atom stereocenters. The summed E-state index contributed by atoms with van der Waals surface area (Å²) in [7, 11) is 0. The summed E-state index contributed by atoms with van der Waals surface area (Å²) >= 11 is 0. The second-order valence-corrected chi connectivity index (χ2v) is 6.91. The number of hydrogen-bond acceptors (Lipinski definition) is 4. The minimum atomic E-state index is -0.256. The molecule has 2 atom stereocenters. The number of anilines is 1. The zero-order valence-electron chi connectivity index (χ0n) is 14.4. The van der Waals surface area contributed by atoms with E-state index in [0.717, 1.165) is 29.5 Å². The van der Waals surface area contributed by atoms with Gasteiger partial charge in [-0.1, -0.05) is 12.1 Å². The van der Waals surface area contributed by atoms with Crippen molar-refractivity contribution >= 4 is 16.9 Å². The Morgan fingerprint density at radius 1 is 1.16 bits per heavy atom. The van der Waals surface area contributed by atoms with E-state index in [1.54, 1.807) is 18.5 Å². The second-order valence-electron chi connectivity index (χ2n) is 6.91. The van der Waals surface area contributed by atoms with Crippen LogP contribution in [0.3, 0.4) is 0 Å². The van der Waals surface area contributed by atoms with Crippen molar-refractivity contribution in [1.82, 2.24) is 20.3 Å². The van der Waals surface area contributed by atoms with Crippen molar-refractivity contribution in [3.8, 4) is 11.3 Å². The topological polar surface area (TPSA) is 65.6 Å². The van der Waals surface area contributed by atoms with Gasteiger partial charge in [0.1, 0.15) is 5.82 Å². The molecule has 6 heteroatoms. The lowest BCUT2D eigenvalue weighted by molar-refractivity contribution is 0.329. The van der Waals surface area contributed by atoms with Gasteiger partial charge in [-0.2, -0.15) is 0 Å². The third-order valence-corrected chi connectivity index (χ3v) is 4.77. The van der Waals surface area contributed by atoms with E-state index in [0.29, 0.717) is 29.6 Å². The zero-order chi connectivity index (χ0) is 17.4. The smallest absolute Gasteiger partial charge is 0.223 e. The van der Waals surface area contributed by atoms with Crippen LogP contribution in [0, 0.1) is 5.82 Å². The van der Waals surface area contributed by atoms with E-state index >= 15 is 0 Å². The molecule has 3 N–H and O–H groups in total. The monoisotopic (exact) mass is 339 g/mol. The molecule has 25 heavy (non-hydrogen) atoms. The third kappa shape index (κ3) is 3.22. The highest BCUT2D eigenvalue weighted by Gasteiger charge is 2.23. The number of aromatic amines is 1. The van der Waals surface area contributed by atoms with Crippen LogP contribution in [0.1, 0.15) is 26.7 Å². The molecule has 1 fully saturated rings. The van der Waals surface area contributed by atoms with Gasteiger partial charge in [0.2, 0.25) is 5.95 Å². The molecule has 3 aromatic rings. The fraction of sp³-hybridized carbons (Fsp3) is 0.368. The van der Waals surface area contributed by atoms with Crippen LogP contribution < -0.4 is 10.6 Å². The maximum Gasteiger partial charge on any atom is 0.223 e. The summed E-state index contributed by atoms with van der Waals surface area (Å²) in [5.41, 5.74) is 2.17. The predicted octanol–water partition coefficient (Wildman–Crippen LogP) is 3.70. The number of piperidine rings is 1. The van der Waals surface area contributed by atoms with Gasteiger partial charge in [0.05, 0.1) is 11.2 Å². The van der Waals surface area contributed by atoms with Gasteiger partial charge in [-0.25, -0.2) is 14.4 Å². The van der Waals surface area contributed by atoms with Crippen molar-refractivity contribution < 1.29 is 4.39 Å². The maximum absolute atomic E-state index is 13.9. The van der Waals surface area contributed by atoms with Crippen molar-refractivity contribution in [2.45, 2.75) is 44.8 Å². The van der Waals surface area contributed by atoms with Crippen LogP contribution in [-0.2, 0) is 0 Å². The average Bonchev–Trinajstić information content (AvgIpc) is 2.99. The third-order valence-electron chi connectivity index (χ3n) is 4.77. The lowest BCUT2D eigenvalue weighted by Gasteiger charge is -2.33. The second kappa shape index (κ2) is 6.44. The van der Waals surface area contributed by atoms with Gasteiger partial charge in [-0.05, 0) is 38.8 Å². The van der Waals surface area contributed by atoms with E-state index in [1.165, 1.54) is 6.07 Å². The van der Waals surface area contributed by atoms with Crippen molar-refractivity contribution in [3.05, 3.63) is 42.5 Å². The Hall–Kier alpha value is -2.47. The Labute approximate surface area is 146 Å². The van der Waals surface area contributed by atoms with Crippen LogP contribution in [0.25, 0.3) is 22.2 Å². The molecular formula is C19H22FN5. The molecular weight excluding hydrogens is 317 g/mol. The predicted molar refractivity (Wildman–Crippen MR) is 98.0 cm³/mol. The van der Waals surface area contributed by atoms with Gasteiger partial charge in [-0.3, -0.25) is 0 Å². The number of fused-ring (bicyclic) bond motifs is 1. The summed E-state index contributed by atoms with van der Waals surface area (Å²) in [6.45, 7) is 4.39. The van der Waals surface area contributed by atoms with E-state index in [-0.39, 0.29) is 5.82 Å². The van der Waals surface area contributed by atoms with Gasteiger partial charge in [-0.15, -0.1) is 0 Å². The van der Waals surface area contributed by atoms with Gasteiger partial charge < -0.3 is 15.6 Å². The quantitative estimate of drug-likeness (QED) is 0.681. The fourth-order valence-corrected chi connectivity index (χ4v) is 3.78. The minimum Gasteiger partial charge on any atom is -0.358 e. The molecule has 0 saturated carbocycles. The van der Waals surface area contributed by atoms with Crippen LogP contribution >= 0.6 is 0 Å². The molecule has 1 aliphatic rings. The Morgan fingerprint density at radius 2 is 1.96 bits per heavy atom. The summed E-state index contributed by atoms with van der Waals surface area (Å²) in [6, 6.07) is 8.22. The summed E-state index contributed by atoms with van der Waals surface area (Å²) < 4.78 is 13.9. The molecule has 1 aromatic carbocycles. The molecule has 4 rings (SSSR count). The first kappa shape index (κ1) is 16.0. The highest BCUT2D eigenvalue weighted by Crippen LogP contribution is 2.29. The molecule has 0 amide bonds. The van der Waals surface area contributed by atoms with E-state index in [1.807, 2.05) is 12.1 Å². The first-order chi connectivity index (χ1) is 12.1. The standard InChI is InChI=1S/C19H22FN5/c1-11-8-13(9-12(2)23-11)24-19-21-7-6-17(25-19)15-10-22-18-14(15)4-3-5-16(18)20/h3-7,10-13,22-23H,8-9H2,1-2H3,(H,21,24,25)/t11-,12-/m1/s1. The number of aromatic nitrogens is 3. The lowest BCUT2D eigenvalue weighted by atomic mass is 9.95. The van der Waals surface area contributed by atoms with E-state index in [9.17, 15) is 4.39 Å². The first-order valence-electron chi connectivity index (χ1n) is 8.72. The van der Waals surface area contributed by atoms with Gasteiger partial charge in [0.25, 0.3) is 0 Å². The van der Waals surface area contributed by atoms with Crippen LogP contribution in [0.5, 0.6) is 0 Å². The summed E-state index contributed by atoms with van der Waals surface area (Å²) in [6.07, 6.45) is 5.62. The number of benzene rings is 1. The Kier molecular flexibility index (Phi) is 4.13. The Bertz CT molecular complexity index is 880. The van der Waals surface area contributed by atoms with E-state index in [4.69, 9.17) is 0 Å². The number of hydrogen-bond donors (Lipinski definition) is 3. The largest absolute Gasteiger partial charge is 0.358 e. The summed E-state index contributed by atoms with van der Waals surface area (Å²) in [5, 5.41) is 7.82. The number of nitrogens with one attached hydrogen (secondary N) is 3. The number of halogens is 1. The highest BCUT2D eigenvalue weighted by molar-refractivity contribution is 5.94. The van der Waals surface area contributed by atoms with Crippen molar-refractivity contribution in [2.24, 2.45) is 0 Å². The molecule has 0 aliphatic carbocycles. The van der Waals surface area contributed by atoms with Crippen LogP contribution in [-0.4, -0.2) is 33.1 Å². The average molecular weight is 339 g/mol. The molecule has 2 aromatic heterocycles. The van der Waals surface area contributed by atoms with Gasteiger partial charge in [0, 0.05) is 41.5 Å². The number of nitrogens with zero attached hydrogens (tertiary/aromatic N) is 2. The summed E-state index contributed by atoms with van der Waals surface area (Å²) in [5.74, 6) is 0.364. The lowest BCUT2D eigenvalue weighted by Crippen LogP contribution is -2.46. The summed E-state index contributed by atoms with van der Waals surface area (Å²) in [4.78, 5) is 12.0. The molecule has 5 nitrogen and oxygen atoms in total. The van der Waals surface area contributed by atoms with Crippen LogP contribution in [0.4, 0.5) is 10.3 Å². The first-order valence-corrected chi connectivity index (χ1v) is 8.72. The van der Waals surface area contributed by atoms with Crippen LogP contribution in [0.2, 0.25) is 0 Å². The van der Waals surface area contributed by atoms with Crippen molar-refractivity contribution in [1.29, 1.82) is 0 Å². The molecule has 3 heterocycles. The molecule has 0 radical (unpaired) electrons. The Balaban J connectivity index is 1.62. The number of rotatable bonds is 3. The van der Waals surface area contributed by atoms with Crippen LogP contribution in [0.15, 0.2) is 36.7 Å². The van der Waals surface area contributed by atoms with E-state index < -0.39 is 0 Å². The van der Waals surface area contributed by atoms with Crippen molar-refractivity contribution in [2.75, 3.05) is 5.32 Å². The molecule has 0 spiro atoms. The van der Waals surface area contributed by atoms with Crippen molar-refractivity contribution in [3.63, 3.8) is 0 Å². The Morgan fingerprint density at radius 3 is 2.76 bits per heavy atom. The molecule has 0 bridgehead atoms. The normalized spacial score (nSPS) is 23.7. The molecule has 1 saturated heterocycles. The number of H-pyrrole nitrogens is 1. The maximum atomic E-state index is 13.9. The molecule has 1 aliphatic heterocycles. The molecule has 130 valence electrons. The van der Waals surface area contributed by atoms with Gasteiger partial charge in [0.15, 0.2) is 0 Å². The minimum absolute atomic E-state index is 0.256.